The van der Waals surface area contributed by atoms with Crippen molar-refractivity contribution < 1.29 is 0 Å². The minimum Gasteiger partial charge on any atom is -0.383 e. The molecule has 1 aliphatic heterocycles. The lowest BCUT2D eigenvalue weighted by atomic mass is 9.89. The van der Waals surface area contributed by atoms with Crippen LogP contribution < -0.4 is 11.1 Å². The third-order valence-corrected chi connectivity index (χ3v) is 9.58. The molecule has 5 aromatic rings. The molecule has 2 aliphatic rings. The lowest BCUT2D eigenvalue weighted by molar-refractivity contribution is 0.0828. The van der Waals surface area contributed by atoms with Crippen molar-refractivity contribution in [2.45, 2.75) is 44.7 Å². The quantitative estimate of drug-likeness (QED) is 0.262. The molecule has 4 heterocycles. The van der Waals surface area contributed by atoms with E-state index in [4.69, 9.17) is 27.3 Å². The minimum absolute atomic E-state index is 0.410. The summed E-state index contributed by atoms with van der Waals surface area (Å²) in [6.45, 7) is 6.74. The number of piperazine rings is 1. The SMILES string of the molecule is Cc1cc(Cl)c2nc(Nc3ccc(-c4cn(C5CCC(N6CCN(C)CC6)CC5)c5ncnc(N)c45)cc3)n(C)c2c1. The molecule has 1 aliphatic carbocycles. The normalized spacial score (nSPS) is 20.5. The van der Waals surface area contributed by atoms with Gasteiger partial charge in [-0.25, -0.2) is 15.0 Å². The summed E-state index contributed by atoms with van der Waals surface area (Å²) in [4.78, 5) is 19.0. The van der Waals surface area contributed by atoms with Crippen molar-refractivity contribution in [3.8, 4) is 11.1 Å². The van der Waals surface area contributed by atoms with E-state index in [0.717, 1.165) is 63.2 Å². The Labute approximate surface area is 251 Å². The fourth-order valence-electron chi connectivity index (χ4n) is 6.85. The molecule has 7 rings (SSSR count). The van der Waals surface area contributed by atoms with Gasteiger partial charge in [-0.2, -0.15) is 0 Å². The van der Waals surface area contributed by atoms with E-state index in [1.165, 1.54) is 39.0 Å². The van der Waals surface area contributed by atoms with Gasteiger partial charge in [-0.15, -0.1) is 0 Å². The largest absolute Gasteiger partial charge is 0.383 e. The van der Waals surface area contributed by atoms with Crippen molar-refractivity contribution in [3.63, 3.8) is 0 Å². The van der Waals surface area contributed by atoms with E-state index in [2.05, 4.69) is 68.2 Å². The number of rotatable bonds is 5. The molecule has 9 nitrogen and oxygen atoms in total. The van der Waals surface area contributed by atoms with Gasteiger partial charge in [-0.1, -0.05) is 23.7 Å². The van der Waals surface area contributed by atoms with Crippen LogP contribution in [0, 0.1) is 6.92 Å². The lowest BCUT2D eigenvalue weighted by Crippen LogP contribution is -2.49. The maximum atomic E-state index is 6.48. The third-order valence-electron chi connectivity index (χ3n) is 9.29. The second kappa shape index (κ2) is 10.9. The van der Waals surface area contributed by atoms with Gasteiger partial charge in [0.05, 0.1) is 15.9 Å². The van der Waals surface area contributed by atoms with Crippen LogP contribution >= 0.6 is 11.6 Å². The van der Waals surface area contributed by atoms with Crippen LogP contribution in [0.25, 0.3) is 33.2 Å². The van der Waals surface area contributed by atoms with E-state index >= 15 is 0 Å². The molecule has 42 heavy (non-hydrogen) atoms. The van der Waals surface area contributed by atoms with Crippen LogP contribution in [0.5, 0.6) is 0 Å². The number of fused-ring (bicyclic) bond motifs is 2. The Bertz CT molecular complexity index is 1740. The summed E-state index contributed by atoms with van der Waals surface area (Å²) in [5.41, 5.74) is 13.4. The maximum Gasteiger partial charge on any atom is 0.208 e. The van der Waals surface area contributed by atoms with Crippen molar-refractivity contribution >= 4 is 51.1 Å². The molecule has 0 atom stereocenters. The molecule has 1 saturated carbocycles. The van der Waals surface area contributed by atoms with Crippen LogP contribution in [0.3, 0.4) is 0 Å². The molecule has 3 N–H and O–H groups in total. The fraction of sp³-hybridized carbons (Fsp3) is 0.406. The Hall–Kier alpha value is -3.66. The van der Waals surface area contributed by atoms with E-state index < -0.39 is 0 Å². The highest BCUT2D eigenvalue weighted by Gasteiger charge is 2.30. The Morgan fingerprint density at radius 3 is 2.38 bits per heavy atom. The monoisotopic (exact) mass is 583 g/mol. The van der Waals surface area contributed by atoms with E-state index in [1.54, 1.807) is 6.33 Å². The summed E-state index contributed by atoms with van der Waals surface area (Å²) in [6.07, 6.45) is 8.57. The van der Waals surface area contributed by atoms with Gasteiger partial charge in [0.15, 0.2) is 0 Å². The number of nitrogens with two attached hydrogens (primary N) is 1. The predicted molar refractivity (Wildman–Crippen MR) is 171 cm³/mol. The van der Waals surface area contributed by atoms with Crippen molar-refractivity contribution in [2.75, 3.05) is 44.3 Å². The first-order valence-corrected chi connectivity index (χ1v) is 15.3. The molecule has 0 unspecified atom stereocenters. The van der Waals surface area contributed by atoms with Crippen LogP contribution in [0.1, 0.15) is 37.3 Å². The first-order chi connectivity index (χ1) is 20.4. The van der Waals surface area contributed by atoms with Crippen molar-refractivity contribution in [2.24, 2.45) is 7.05 Å². The van der Waals surface area contributed by atoms with Crippen LogP contribution in [0.2, 0.25) is 5.02 Å². The number of hydrogen-bond acceptors (Lipinski definition) is 7. The number of hydrogen-bond donors (Lipinski definition) is 2. The topological polar surface area (TPSA) is 93.1 Å². The number of anilines is 3. The number of nitrogens with one attached hydrogen (secondary N) is 1. The summed E-state index contributed by atoms with van der Waals surface area (Å²) in [5.74, 6) is 1.26. The molecular weight excluding hydrogens is 546 g/mol. The Kier molecular flexibility index (Phi) is 7.04. The second-order valence-corrected chi connectivity index (χ2v) is 12.4. The van der Waals surface area contributed by atoms with Gasteiger partial charge >= 0.3 is 0 Å². The number of aryl methyl sites for hydroxylation is 2. The third kappa shape index (κ3) is 4.89. The number of nitrogens with zero attached hydrogens (tertiary/aromatic N) is 7. The smallest absolute Gasteiger partial charge is 0.208 e. The van der Waals surface area contributed by atoms with Gasteiger partial charge < -0.3 is 25.1 Å². The Morgan fingerprint density at radius 2 is 1.64 bits per heavy atom. The zero-order valence-corrected chi connectivity index (χ0v) is 25.3. The fourth-order valence-corrected chi connectivity index (χ4v) is 7.16. The molecule has 0 spiro atoms. The Morgan fingerprint density at radius 1 is 0.929 bits per heavy atom. The summed E-state index contributed by atoms with van der Waals surface area (Å²) < 4.78 is 4.40. The van der Waals surface area contributed by atoms with Gasteiger partial charge in [0.25, 0.3) is 0 Å². The molecule has 3 aromatic heterocycles. The molecular formula is C32H38ClN9. The summed E-state index contributed by atoms with van der Waals surface area (Å²) >= 11 is 6.48. The van der Waals surface area contributed by atoms with E-state index in [0.29, 0.717) is 22.9 Å². The minimum atomic E-state index is 0.410. The van der Waals surface area contributed by atoms with Crippen molar-refractivity contribution in [1.29, 1.82) is 0 Å². The molecule has 2 fully saturated rings. The number of halogens is 1. The first kappa shape index (κ1) is 27.2. The average Bonchev–Trinajstić information content (AvgIpc) is 3.53. The molecule has 2 aromatic carbocycles. The van der Waals surface area contributed by atoms with Crippen LogP contribution in [0.15, 0.2) is 48.9 Å². The van der Waals surface area contributed by atoms with E-state index in [-0.39, 0.29) is 0 Å². The van der Waals surface area contributed by atoms with Crippen molar-refractivity contribution in [1.82, 2.24) is 33.9 Å². The number of benzene rings is 2. The number of likely N-dealkylation sites (N-methyl/N-ethyl adjacent to an activating group) is 1. The zero-order valence-electron chi connectivity index (χ0n) is 24.5. The van der Waals surface area contributed by atoms with E-state index in [9.17, 15) is 0 Å². The van der Waals surface area contributed by atoms with Gasteiger partial charge in [0, 0.05) is 62.8 Å². The molecule has 218 valence electrons. The van der Waals surface area contributed by atoms with Gasteiger partial charge in [0.1, 0.15) is 23.3 Å². The second-order valence-electron chi connectivity index (χ2n) is 12.0. The molecule has 0 amide bonds. The van der Waals surface area contributed by atoms with Gasteiger partial charge in [-0.3, -0.25) is 4.90 Å². The van der Waals surface area contributed by atoms with Crippen LogP contribution in [0.4, 0.5) is 17.5 Å². The average molecular weight is 584 g/mol. The summed E-state index contributed by atoms with van der Waals surface area (Å²) in [7, 11) is 4.22. The Balaban J connectivity index is 1.13. The predicted octanol–water partition coefficient (Wildman–Crippen LogP) is 6.00. The van der Waals surface area contributed by atoms with Gasteiger partial charge in [-0.05, 0) is 75.0 Å². The number of aromatic nitrogens is 5. The van der Waals surface area contributed by atoms with E-state index in [1.807, 2.05) is 24.6 Å². The van der Waals surface area contributed by atoms with Crippen LogP contribution in [-0.4, -0.2) is 73.2 Å². The highest BCUT2D eigenvalue weighted by molar-refractivity contribution is 6.35. The summed E-state index contributed by atoms with van der Waals surface area (Å²) in [6, 6.07) is 13.5. The molecule has 0 bridgehead atoms. The standard InChI is InChI=1S/C32H38ClN9/c1-20-16-26(33)29-27(17-20)40(3)32(38-29)37-22-6-4-21(5-7-22)25-18-42(31-28(25)30(34)35-19-36-31)24-10-8-23(9-11-24)41-14-12-39(2)13-15-41/h4-7,16-19,23-24H,8-15H2,1-3H3,(H,37,38)(H2,34,35,36). The first-order valence-electron chi connectivity index (χ1n) is 14.9. The molecule has 1 saturated heterocycles. The highest BCUT2D eigenvalue weighted by atomic mass is 35.5. The highest BCUT2D eigenvalue weighted by Crippen LogP contribution is 2.39. The summed E-state index contributed by atoms with van der Waals surface area (Å²) in [5, 5.41) is 5.05. The molecule has 0 radical (unpaired) electrons. The molecule has 10 heteroatoms. The lowest BCUT2D eigenvalue weighted by Gasteiger charge is -2.41. The van der Waals surface area contributed by atoms with Crippen LogP contribution in [-0.2, 0) is 7.05 Å². The number of imidazole rings is 1. The number of nitrogen functional groups attached to an aromatic ring is 1. The maximum absolute atomic E-state index is 6.48. The van der Waals surface area contributed by atoms with Crippen molar-refractivity contribution in [3.05, 3.63) is 59.5 Å². The zero-order chi connectivity index (χ0) is 29.0. The van der Waals surface area contributed by atoms with Gasteiger partial charge in [0.2, 0.25) is 5.95 Å².